The Morgan fingerprint density at radius 2 is 2.04 bits per heavy atom. The summed E-state index contributed by atoms with van der Waals surface area (Å²) >= 11 is 0. The summed E-state index contributed by atoms with van der Waals surface area (Å²) in [7, 11) is 0. The number of hydrogen-bond donors (Lipinski definition) is 0. The highest BCUT2D eigenvalue weighted by molar-refractivity contribution is 5.96. The van der Waals surface area contributed by atoms with Gasteiger partial charge in [0.2, 0.25) is 0 Å². The van der Waals surface area contributed by atoms with Crippen LogP contribution in [0, 0.1) is 6.92 Å². The third kappa shape index (κ3) is 2.48. The lowest BCUT2D eigenvalue weighted by atomic mass is 10.1. The number of aromatic nitrogens is 5. The Morgan fingerprint density at radius 1 is 1.22 bits per heavy atom. The van der Waals surface area contributed by atoms with Crippen LogP contribution >= 0.6 is 0 Å². The van der Waals surface area contributed by atoms with E-state index in [0.717, 1.165) is 30.1 Å². The molecule has 3 aromatic rings. The topological polar surface area (TPSA) is 68.3 Å². The fraction of sp³-hybridized carbons (Fsp3) is 0.375. The van der Waals surface area contributed by atoms with E-state index in [4.69, 9.17) is 4.98 Å². The molecular formula is C16H18N6O. The average molecular weight is 310 g/mol. The number of carbonyl (C=O) groups excluding carboxylic acids is 1. The SMILES string of the molecule is Cc1cn2nc(C(=O)n3ccnc3)cc2c(N2CCCCC2)n1. The molecule has 1 fully saturated rings. The zero-order valence-electron chi connectivity index (χ0n) is 13.0. The van der Waals surface area contributed by atoms with E-state index in [1.165, 1.54) is 30.2 Å². The van der Waals surface area contributed by atoms with Gasteiger partial charge < -0.3 is 4.90 Å². The van der Waals surface area contributed by atoms with Crippen LogP contribution in [0.1, 0.15) is 35.4 Å². The molecule has 0 aliphatic carbocycles. The normalized spacial score (nSPS) is 15.3. The average Bonchev–Trinajstić information content (AvgIpc) is 3.23. The van der Waals surface area contributed by atoms with Crippen LogP contribution in [0.15, 0.2) is 31.0 Å². The zero-order chi connectivity index (χ0) is 15.8. The molecule has 0 spiro atoms. The van der Waals surface area contributed by atoms with Crippen LogP contribution < -0.4 is 4.90 Å². The summed E-state index contributed by atoms with van der Waals surface area (Å²) < 4.78 is 3.19. The van der Waals surface area contributed by atoms with Gasteiger partial charge in [-0.05, 0) is 26.2 Å². The van der Waals surface area contributed by atoms with Gasteiger partial charge in [0.25, 0.3) is 5.91 Å². The molecule has 3 aromatic heterocycles. The lowest BCUT2D eigenvalue weighted by molar-refractivity contribution is 0.0954. The van der Waals surface area contributed by atoms with Crippen molar-refractivity contribution in [1.29, 1.82) is 0 Å². The van der Waals surface area contributed by atoms with E-state index in [1.54, 1.807) is 16.9 Å². The first kappa shape index (κ1) is 13.9. The lowest BCUT2D eigenvalue weighted by Crippen LogP contribution is -2.30. The molecule has 7 nitrogen and oxygen atoms in total. The quantitative estimate of drug-likeness (QED) is 0.723. The first-order chi connectivity index (χ1) is 11.2. The van der Waals surface area contributed by atoms with Gasteiger partial charge in [-0.15, -0.1) is 0 Å². The molecule has 0 aromatic carbocycles. The van der Waals surface area contributed by atoms with Crippen molar-refractivity contribution in [3.05, 3.63) is 42.4 Å². The summed E-state index contributed by atoms with van der Waals surface area (Å²) in [5.74, 6) is 0.732. The number of carbonyl (C=O) groups is 1. The number of fused-ring (bicyclic) bond motifs is 1. The summed E-state index contributed by atoms with van der Waals surface area (Å²) in [6.45, 7) is 3.95. The predicted molar refractivity (Wildman–Crippen MR) is 85.7 cm³/mol. The Morgan fingerprint density at radius 3 is 2.78 bits per heavy atom. The summed E-state index contributed by atoms with van der Waals surface area (Å²) in [6.07, 6.45) is 10.2. The van der Waals surface area contributed by atoms with Gasteiger partial charge in [-0.3, -0.25) is 9.36 Å². The van der Waals surface area contributed by atoms with E-state index in [9.17, 15) is 4.79 Å². The highest BCUT2D eigenvalue weighted by atomic mass is 16.2. The van der Waals surface area contributed by atoms with E-state index in [-0.39, 0.29) is 5.91 Å². The number of hydrogen-bond acceptors (Lipinski definition) is 5. The molecule has 7 heteroatoms. The van der Waals surface area contributed by atoms with Crippen molar-refractivity contribution < 1.29 is 4.79 Å². The molecule has 0 saturated carbocycles. The minimum Gasteiger partial charge on any atom is -0.355 e. The second-order valence-corrected chi connectivity index (χ2v) is 5.89. The third-order valence-electron chi connectivity index (χ3n) is 4.17. The molecule has 0 atom stereocenters. The van der Waals surface area contributed by atoms with Gasteiger partial charge >= 0.3 is 0 Å². The zero-order valence-corrected chi connectivity index (χ0v) is 13.0. The molecule has 23 heavy (non-hydrogen) atoms. The van der Waals surface area contributed by atoms with Gasteiger partial charge in [0.1, 0.15) is 11.8 Å². The van der Waals surface area contributed by atoms with Crippen molar-refractivity contribution in [1.82, 2.24) is 24.1 Å². The van der Waals surface area contributed by atoms with Gasteiger partial charge in [-0.1, -0.05) is 0 Å². The summed E-state index contributed by atoms with van der Waals surface area (Å²) in [5.41, 5.74) is 2.16. The van der Waals surface area contributed by atoms with Crippen LogP contribution in [0.3, 0.4) is 0 Å². The van der Waals surface area contributed by atoms with Gasteiger partial charge in [0.05, 0.1) is 11.9 Å². The number of nitrogens with zero attached hydrogens (tertiary/aromatic N) is 6. The van der Waals surface area contributed by atoms with E-state index < -0.39 is 0 Å². The van der Waals surface area contributed by atoms with E-state index in [2.05, 4.69) is 15.0 Å². The van der Waals surface area contributed by atoms with Gasteiger partial charge in [-0.25, -0.2) is 14.5 Å². The Bertz CT molecular complexity index is 845. The molecule has 1 aliphatic rings. The van der Waals surface area contributed by atoms with Crippen LogP contribution in [0.4, 0.5) is 5.82 Å². The fourth-order valence-corrected chi connectivity index (χ4v) is 3.04. The summed E-state index contributed by atoms with van der Waals surface area (Å²) in [6, 6.07) is 1.82. The molecule has 1 saturated heterocycles. The minimum absolute atomic E-state index is 0.187. The Hall–Kier alpha value is -2.70. The van der Waals surface area contributed by atoms with Gasteiger partial charge in [-0.2, -0.15) is 5.10 Å². The van der Waals surface area contributed by atoms with Gasteiger partial charge in [0, 0.05) is 31.5 Å². The molecule has 1 aliphatic heterocycles. The fourth-order valence-electron chi connectivity index (χ4n) is 3.04. The van der Waals surface area contributed by atoms with E-state index >= 15 is 0 Å². The molecule has 0 unspecified atom stereocenters. The molecule has 4 heterocycles. The maximum Gasteiger partial charge on any atom is 0.283 e. The first-order valence-corrected chi connectivity index (χ1v) is 7.87. The second-order valence-electron chi connectivity index (χ2n) is 5.89. The number of piperidine rings is 1. The lowest BCUT2D eigenvalue weighted by Gasteiger charge is -2.28. The number of aryl methyl sites for hydroxylation is 1. The predicted octanol–water partition coefficient (Wildman–Crippen LogP) is 1.91. The minimum atomic E-state index is -0.187. The smallest absolute Gasteiger partial charge is 0.283 e. The van der Waals surface area contributed by atoms with Crippen LogP contribution in [0.5, 0.6) is 0 Å². The molecule has 0 amide bonds. The van der Waals surface area contributed by atoms with Crippen molar-refractivity contribution in [2.45, 2.75) is 26.2 Å². The number of anilines is 1. The number of imidazole rings is 1. The van der Waals surface area contributed by atoms with Crippen molar-refractivity contribution in [2.75, 3.05) is 18.0 Å². The van der Waals surface area contributed by atoms with Crippen LogP contribution in [0.2, 0.25) is 0 Å². The summed E-state index contributed by atoms with van der Waals surface area (Å²) in [5, 5.41) is 4.44. The van der Waals surface area contributed by atoms with E-state index in [1.807, 2.05) is 19.2 Å². The highest BCUT2D eigenvalue weighted by Gasteiger charge is 2.20. The van der Waals surface area contributed by atoms with Crippen molar-refractivity contribution >= 4 is 17.2 Å². The largest absolute Gasteiger partial charge is 0.355 e. The number of rotatable bonds is 2. The van der Waals surface area contributed by atoms with Crippen LogP contribution in [-0.2, 0) is 0 Å². The molecule has 0 N–H and O–H groups in total. The van der Waals surface area contributed by atoms with E-state index in [0.29, 0.717) is 5.69 Å². The van der Waals surface area contributed by atoms with Crippen molar-refractivity contribution in [3.63, 3.8) is 0 Å². The molecule has 0 radical (unpaired) electrons. The molecular weight excluding hydrogens is 292 g/mol. The molecule has 4 rings (SSSR count). The second kappa shape index (κ2) is 5.49. The third-order valence-corrected chi connectivity index (χ3v) is 4.17. The Labute approximate surface area is 133 Å². The molecule has 118 valence electrons. The van der Waals surface area contributed by atoms with Crippen molar-refractivity contribution in [2.24, 2.45) is 0 Å². The van der Waals surface area contributed by atoms with Gasteiger partial charge in [0.15, 0.2) is 11.5 Å². The summed E-state index contributed by atoms with van der Waals surface area (Å²) in [4.78, 5) is 23.4. The monoisotopic (exact) mass is 310 g/mol. The van der Waals surface area contributed by atoms with Crippen LogP contribution in [-0.4, -0.2) is 43.1 Å². The maximum atomic E-state index is 12.5. The molecule has 0 bridgehead atoms. The highest BCUT2D eigenvalue weighted by Crippen LogP contribution is 2.24. The first-order valence-electron chi connectivity index (χ1n) is 7.87. The Kier molecular flexibility index (Phi) is 3.33. The maximum absolute atomic E-state index is 12.5. The van der Waals surface area contributed by atoms with Crippen molar-refractivity contribution in [3.8, 4) is 0 Å². The standard InChI is InChI=1S/C16H18N6O/c1-12-10-22-14(15(18-12)20-6-3-2-4-7-20)9-13(19-22)16(23)21-8-5-17-11-21/h5,8-11H,2-4,6-7H2,1H3. The van der Waals surface area contributed by atoms with Crippen LogP contribution in [0.25, 0.3) is 5.52 Å². The Balaban J connectivity index is 1.80.